The van der Waals surface area contributed by atoms with Crippen LogP contribution in [0.15, 0.2) is 42.5 Å². The van der Waals surface area contributed by atoms with Crippen LogP contribution in [0.2, 0.25) is 5.02 Å². The molecule has 0 radical (unpaired) electrons. The van der Waals surface area contributed by atoms with Gasteiger partial charge in [0, 0.05) is 11.1 Å². The van der Waals surface area contributed by atoms with Gasteiger partial charge in [0.25, 0.3) is 0 Å². The number of hydrogen-bond donors (Lipinski definition) is 1. The van der Waals surface area contributed by atoms with Gasteiger partial charge in [-0.2, -0.15) is 0 Å². The molecule has 0 fully saturated rings. The lowest BCUT2D eigenvalue weighted by atomic mass is 10.1. The van der Waals surface area contributed by atoms with Crippen LogP contribution in [0.25, 0.3) is 0 Å². The largest absolute Gasteiger partial charge is 0.457 e. The van der Waals surface area contributed by atoms with Gasteiger partial charge in [0.2, 0.25) is 0 Å². The zero-order valence-electron chi connectivity index (χ0n) is 9.86. The van der Waals surface area contributed by atoms with Gasteiger partial charge in [-0.15, -0.1) is 0 Å². The van der Waals surface area contributed by atoms with Crippen molar-refractivity contribution in [2.75, 3.05) is 0 Å². The first-order valence-corrected chi connectivity index (χ1v) is 5.92. The highest BCUT2D eigenvalue weighted by molar-refractivity contribution is 6.31. The van der Waals surface area contributed by atoms with Crippen LogP contribution in [0.4, 0.5) is 4.39 Å². The fraction of sp³-hybridized carbons (Fsp3) is 0.143. The Morgan fingerprint density at radius 1 is 1.11 bits per heavy atom. The number of nitrogens with two attached hydrogens (primary N) is 1. The van der Waals surface area contributed by atoms with Crippen LogP contribution in [0.1, 0.15) is 18.5 Å². The van der Waals surface area contributed by atoms with Crippen molar-refractivity contribution in [2.24, 2.45) is 5.73 Å². The molecule has 1 atom stereocenters. The summed E-state index contributed by atoms with van der Waals surface area (Å²) in [6, 6.07) is 11.0. The first-order valence-electron chi connectivity index (χ1n) is 5.54. The van der Waals surface area contributed by atoms with Crippen molar-refractivity contribution in [3.63, 3.8) is 0 Å². The summed E-state index contributed by atoms with van der Waals surface area (Å²) in [5.41, 5.74) is 6.63. The average molecular weight is 266 g/mol. The van der Waals surface area contributed by atoms with Gasteiger partial charge in [-0.05, 0) is 48.9 Å². The normalized spacial score (nSPS) is 12.2. The number of ether oxygens (including phenoxy) is 1. The molecule has 2 aromatic rings. The molecule has 0 spiro atoms. The first kappa shape index (κ1) is 12.9. The Kier molecular flexibility index (Phi) is 3.84. The Morgan fingerprint density at radius 2 is 1.72 bits per heavy atom. The topological polar surface area (TPSA) is 35.2 Å². The number of rotatable bonds is 3. The molecule has 0 aliphatic heterocycles. The second-order valence-corrected chi connectivity index (χ2v) is 4.44. The monoisotopic (exact) mass is 265 g/mol. The van der Waals surface area contributed by atoms with E-state index in [1.54, 1.807) is 24.3 Å². The molecule has 2 nitrogen and oxygen atoms in total. The lowest BCUT2D eigenvalue weighted by Gasteiger charge is -2.11. The Morgan fingerprint density at radius 3 is 2.28 bits per heavy atom. The van der Waals surface area contributed by atoms with Crippen molar-refractivity contribution in [1.82, 2.24) is 0 Å². The predicted molar refractivity (Wildman–Crippen MR) is 70.5 cm³/mol. The van der Waals surface area contributed by atoms with Crippen molar-refractivity contribution in [1.29, 1.82) is 0 Å². The Labute approximate surface area is 110 Å². The van der Waals surface area contributed by atoms with Crippen LogP contribution in [-0.4, -0.2) is 0 Å². The molecule has 0 saturated heterocycles. The molecule has 0 aliphatic rings. The van der Waals surface area contributed by atoms with E-state index in [4.69, 9.17) is 22.1 Å². The number of halogens is 2. The highest BCUT2D eigenvalue weighted by Crippen LogP contribution is 2.29. The maximum Gasteiger partial charge on any atom is 0.128 e. The SMILES string of the molecule is CC(N)c1ccc(Oc2ccc(F)cc2)cc1Cl. The van der Waals surface area contributed by atoms with E-state index in [9.17, 15) is 4.39 Å². The molecule has 2 rings (SSSR count). The zero-order chi connectivity index (χ0) is 13.1. The molecular weight excluding hydrogens is 253 g/mol. The third kappa shape index (κ3) is 3.00. The molecule has 0 saturated carbocycles. The molecule has 0 heterocycles. The number of benzene rings is 2. The lowest BCUT2D eigenvalue weighted by Crippen LogP contribution is -2.05. The molecular formula is C14H13ClFNO. The van der Waals surface area contributed by atoms with Gasteiger partial charge >= 0.3 is 0 Å². The van der Waals surface area contributed by atoms with E-state index in [1.165, 1.54) is 12.1 Å². The van der Waals surface area contributed by atoms with Crippen LogP contribution in [-0.2, 0) is 0 Å². The van der Waals surface area contributed by atoms with Gasteiger partial charge in [0.1, 0.15) is 17.3 Å². The van der Waals surface area contributed by atoms with Gasteiger partial charge in [0.05, 0.1) is 0 Å². The molecule has 0 amide bonds. The summed E-state index contributed by atoms with van der Waals surface area (Å²) < 4.78 is 18.3. The third-order valence-electron chi connectivity index (χ3n) is 2.51. The fourth-order valence-electron chi connectivity index (χ4n) is 1.58. The average Bonchev–Trinajstić information content (AvgIpc) is 2.32. The molecule has 1 unspecified atom stereocenters. The summed E-state index contributed by atoms with van der Waals surface area (Å²) in [4.78, 5) is 0. The highest BCUT2D eigenvalue weighted by atomic mass is 35.5. The minimum atomic E-state index is -0.298. The zero-order valence-corrected chi connectivity index (χ0v) is 10.6. The molecule has 94 valence electrons. The van der Waals surface area contributed by atoms with Crippen LogP contribution >= 0.6 is 11.6 Å². The first-order chi connectivity index (χ1) is 8.56. The van der Waals surface area contributed by atoms with Crippen LogP contribution in [0.3, 0.4) is 0 Å². The van der Waals surface area contributed by atoms with E-state index < -0.39 is 0 Å². The van der Waals surface area contributed by atoms with E-state index in [0.29, 0.717) is 16.5 Å². The smallest absolute Gasteiger partial charge is 0.128 e. The second-order valence-electron chi connectivity index (χ2n) is 4.03. The van der Waals surface area contributed by atoms with Crippen LogP contribution in [0, 0.1) is 5.82 Å². The van der Waals surface area contributed by atoms with Gasteiger partial charge in [-0.1, -0.05) is 17.7 Å². The third-order valence-corrected chi connectivity index (χ3v) is 2.84. The van der Waals surface area contributed by atoms with Crippen molar-refractivity contribution < 1.29 is 9.13 Å². The van der Waals surface area contributed by atoms with Crippen LogP contribution in [0.5, 0.6) is 11.5 Å². The van der Waals surface area contributed by atoms with Gasteiger partial charge in [-0.25, -0.2) is 4.39 Å². The summed E-state index contributed by atoms with van der Waals surface area (Å²) in [5, 5.41) is 0.560. The quantitative estimate of drug-likeness (QED) is 0.898. The fourth-order valence-corrected chi connectivity index (χ4v) is 1.92. The predicted octanol–water partition coefficient (Wildman–Crippen LogP) is 4.29. The van der Waals surface area contributed by atoms with Gasteiger partial charge in [0.15, 0.2) is 0 Å². The van der Waals surface area contributed by atoms with E-state index in [2.05, 4.69) is 0 Å². The van der Waals surface area contributed by atoms with Crippen molar-refractivity contribution in [3.8, 4) is 11.5 Å². The Balaban J connectivity index is 2.20. The van der Waals surface area contributed by atoms with Crippen molar-refractivity contribution >= 4 is 11.6 Å². The minimum Gasteiger partial charge on any atom is -0.457 e. The molecule has 2 aromatic carbocycles. The lowest BCUT2D eigenvalue weighted by molar-refractivity contribution is 0.480. The summed E-state index contributed by atoms with van der Waals surface area (Å²) in [7, 11) is 0. The molecule has 2 N–H and O–H groups in total. The standard InChI is InChI=1S/C14H13ClFNO/c1-9(17)13-7-6-12(8-14(13)15)18-11-4-2-10(16)3-5-11/h2-9H,17H2,1H3. The molecule has 0 bridgehead atoms. The summed E-state index contributed by atoms with van der Waals surface area (Å²) in [6.45, 7) is 1.86. The maximum atomic E-state index is 12.7. The highest BCUT2D eigenvalue weighted by Gasteiger charge is 2.07. The second kappa shape index (κ2) is 5.38. The molecule has 4 heteroatoms. The molecule has 0 aliphatic carbocycles. The Bertz CT molecular complexity index is 540. The van der Waals surface area contributed by atoms with E-state index in [-0.39, 0.29) is 11.9 Å². The minimum absolute atomic E-state index is 0.127. The van der Waals surface area contributed by atoms with Crippen LogP contribution < -0.4 is 10.5 Å². The van der Waals surface area contributed by atoms with Gasteiger partial charge < -0.3 is 10.5 Å². The van der Waals surface area contributed by atoms with E-state index in [1.807, 2.05) is 13.0 Å². The van der Waals surface area contributed by atoms with Crippen molar-refractivity contribution in [2.45, 2.75) is 13.0 Å². The molecule has 0 aromatic heterocycles. The maximum absolute atomic E-state index is 12.7. The molecule has 18 heavy (non-hydrogen) atoms. The van der Waals surface area contributed by atoms with E-state index >= 15 is 0 Å². The van der Waals surface area contributed by atoms with Gasteiger partial charge in [-0.3, -0.25) is 0 Å². The summed E-state index contributed by atoms with van der Waals surface area (Å²) in [6.07, 6.45) is 0. The number of hydrogen-bond acceptors (Lipinski definition) is 2. The Hall–Kier alpha value is -1.58. The van der Waals surface area contributed by atoms with Crippen molar-refractivity contribution in [3.05, 3.63) is 58.9 Å². The summed E-state index contributed by atoms with van der Waals surface area (Å²) >= 11 is 6.10. The summed E-state index contributed by atoms with van der Waals surface area (Å²) in [5.74, 6) is 0.852. The van der Waals surface area contributed by atoms with E-state index in [0.717, 1.165) is 5.56 Å².